The van der Waals surface area contributed by atoms with Crippen LogP contribution in [0.4, 0.5) is 0 Å². The van der Waals surface area contributed by atoms with Crippen LogP contribution >= 0.6 is 0 Å². The Labute approximate surface area is 137 Å². The predicted molar refractivity (Wildman–Crippen MR) is 84.1 cm³/mol. The number of carbonyl (C=O) groups is 1. The van der Waals surface area contributed by atoms with Gasteiger partial charge in [0.2, 0.25) is 5.75 Å². The van der Waals surface area contributed by atoms with Crippen LogP contribution in [0.15, 0.2) is 41.8 Å². The molecule has 0 saturated carbocycles. The molecule has 0 radical (unpaired) electrons. The molecule has 4 N–H and O–H groups in total. The molecule has 0 unspecified atom stereocenters. The van der Waals surface area contributed by atoms with Crippen molar-refractivity contribution in [2.75, 3.05) is 14.2 Å². The van der Waals surface area contributed by atoms with E-state index in [0.717, 1.165) is 0 Å². The summed E-state index contributed by atoms with van der Waals surface area (Å²) in [7, 11) is 2.86. The molecule has 1 heterocycles. The van der Waals surface area contributed by atoms with Crippen LogP contribution in [0.2, 0.25) is 0 Å². The number of pyridine rings is 1. The van der Waals surface area contributed by atoms with E-state index >= 15 is 0 Å². The Hall–Kier alpha value is -3.17. The molecule has 1 aromatic heterocycles. The van der Waals surface area contributed by atoms with Crippen molar-refractivity contribution >= 4 is 12.1 Å². The lowest BCUT2D eigenvalue weighted by molar-refractivity contribution is -0.670. The monoisotopic (exact) mass is 335 g/mol. The number of hydrogen-bond donors (Lipinski definition) is 2. The number of carbonyl (C=O) groups excluding carboxylic acids is 1. The second kappa shape index (κ2) is 9.77. The first-order chi connectivity index (χ1) is 11.7. The summed E-state index contributed by atoms with van der Waals surface area (Å²) in [5.74, 6) is 0.0573. The summed E-state index contributed by atoms with van der Waals surface area (Å²) < 4.78 is 10.1. The normalized spacial score (nSPS) is 9.83. The molecular weight excluding hydrogens is 318 g/mol. The Balaban J connectivity index is 0.00000139. The molecule has 1 amide bonds. The number of benzene rings is 1. The van der Waals surface area contributed by atoms with Gasteiger partial charge < -0.3 is 25.1 Å². The number of amides is 1. The van der Waals surface area contributed by atoms with E-state index < -0.39 is 0 Å². The van der Waals surface area contributed by atoms with Crippen molar-refractivity contribution in [3.63, 3.8) is 0 Å². The maximum atomic E-state index is 11.8. The number of phenols is 1. The highest BCUT2D eigenvalue weighted by molar-refractivity contribution is 5.94. The van der Waals surface area contributed by atoms with Gasteiger partial charge in [0.25, 0.3) is 5.91 Å². The number of nitrogens with one attached hydrogen (secondary N) is 1. The molecule has 0 saturated heterocycles. The van der Waals surface area contributed by atoms with E-state index in [1.54, 1.807) is 24.3 Å². The van der Waals surface area contributed by atoms with Crippen LogP contribution in [0.5, 0.6) is 17.2 Å². The van der Waals surface area contributed by atoms with Gasteiger partial charge in [-0.1, -0.05) is 0 Å². The van der Waals surface area contributed by atoms with Gasteiger partial charge in [0, 0.05) is 23.5 Å². The van der Waals surface area contributed by atoms with E-state index in [4.69, 9.17) is 14.7 Å². The van der Waals surface area contributed by atoms with Crippen molar-refractivity contribution in [3.05, 3.63) is 47.8 Å². The number of aromatic hydroxyl groups is 1. The summed E-state index contributed by atoms with van der Waals surface area (Å²) in [6.45, 7) is 0. The maximum absolute atomic E-state index is 11.8. The van der Waals surface area contributed by atoms with Crippen molar-refractivity contribution in [1.29, 1.82) is 0 Å². The Morgan fingerprint density at radius 1 is 1.25 bits per heavy atom. The Bertz CT molecular complexity index is 666. The maximum Gasteiger partial charge on any atom is 0.271 e. The van der Waals surface area contributed by atoms with Crippen LogP contribution in [0.1, 0.15) is 15.9 Å². The molecule has 0 aliphatic heterocycles. The standard InChI is InChI=1S/C15H15N3O4.H2O2/c1-21-12-7-10(8-13(22-2)14(12)19)9-17-18-15(20)11-3-5-16-6-4-11;1-2/h3-9,19H,1-2H3,(H,18,20);1H2/b17-9+;. The summed E-state index contributed by atoms with van der Waals surface area (Å²) >= 11 is 0. The van der Waals surface area contributed by atoms with Gasteiger partial charge in [-0.15, -0.1) is 0 Å². The van der Waals surface area contributed by atoms with Crippen molar-refractivity contribution in [2.24, 2.45) is 5.10 Å². The minimum atomic E-state index is -0.351. The topological polar surface area (TPSA) is 139 Å². The first-order valence-electron chi connectivity index (χ1n) is 6.54. The fraction of sp³-hybridized carbons (Fsp3) is 0.133. The lowest BCUT2D eigenvalue weighted by atomic mass is 10.2. The number of hydrazone groups is 1. The number of rotatable bonds is 5. The van der Waals surface area contributed by atoms with Crippen molar-refractivity contribution in [1.82, 2.24) is 10.4 Å². The van der Waals surface area contributed by atoms with Gasteiger partial charge in [-0.2, -0.15) is 5.10 Å². The second-order valence-corrected chi connectivity index (χ2v) is 4.21. The summed E-state index contributed by atoms with van der Waals surface area (Å²) in [4.78, 5) is 15.6. The first-order valence-corrected chi connectivity index (χ1v) is 6.54. The summed E-state index contributed by atoms with van der Waals surface area (Å²) in [6, 6.07) is 6.30. The van der Waals surface area contributed by atoms with Crippen LogP contribution in [-0.2, 0) is 0 Å². The van der Waals surface area contributed by atoms with Gasteiger partial charge in [-0.3, -0.25) is 9.78 Å². The second-order valence-electron chi connectivity index (χ2n) is 4.21. The molecule has 9 heteroatoms. The van der Waals surface area contributed by atoms with Crippen molar-refractivity contribution in [3.8, 4) is 17.2 Å². The third-order valence-electron chi connectivity index (χ3n) is 2.82. The van der Waals surface area contributed by atoms with Crippen molar-refractivity contribution in [2.45, 2.75) is 0 Å². The molecule has 2 aromatic rings. The molecule has 128 valence electrons. The number of methoxy groups -OCH3 is 2. The Morgan fingerprint density at radius 2 is 1.79 bits per heavy atom. The highest BCUT2D eigenvalue weighted by Gasteiger charge is 2.10. The average molecular weight is 335 g/mol. The van der Waals surface area contributed by atoms with Crippen LogP contribution in [0.25, 0.3) is 0 Å². The van der Waals surface area contributed by atoms with Gasteiger partial charge >= 0.3 is 0 Å². The highest BCUT2D eigenvalue weighted by atomic mass is 17.0. The minimum Gasteiger partial charge on any atom is -0.536 e. The third-order valence-corrected chi connectivity index (χ3v) is 2.82. The minimum absolute atomic E-state index is 0.0945. The largest absolute Gasteiger partial charge is 0.536 e. The molecular formula is C15H17N3O6. The zero-order valence-electron chi connectivity index (χ0n) is 13.0. The molecule has 24 heavy (non-hydrogen) atoms. The Kier molecular flexibility index (Phi) is 7.68. The number of hydrogen-bond acceptors (Lipinski definition) is 7. The smallest absolute Gasteiger partial charge is 0.271 e. The number of nitrogens with zero attached hydrogens (tertiary/aromatic N) is 2. The highest BCUT2D eigenvalue weighted by Crippen LogP contribution is 2.36. The fourth-order valence-electron chi connectivity index (χ4n) is 1.72. The molecule has 0 spiro atoms. The summed E-state index contributed by atoms with van der Waals surface area (Å²) in [6.07, 6.45) is 4.46. The van der Waals surface area contributed by atoms with Gasteiger partial charge in [0.1, 0.15) is 0 Å². The van der Waals surface area contributed by atoms with E-state index in [1.165, 1.54) is 32.8 Å². The summed E-state index contributed by atoms with van der Waals surface area (Å²) in [5, 5.41) is 25.7. The molecule has 0 bridgehead atoms. The molecule has 0 fully saturated rings. The zero-order valence-corrected chi connectivity index (χ0v) is 13.0. The quantitative estimate of drug-likeness (QED) is 0.328. The molecule has 1 aromatic carbocycles. The SMILES string of the molecule is COc1cc(/C=N/NC(=O)c2ccncc2)cc(OC)c1O.[O-][OH2+]. The first kappa shape index (κ1) is 18.9. The van der Waals surface area contributed by atoms with Gasteiger partial charge in [0.05, 0.1) is 20.4 Å². The van der Waals surface area contributed by atoms with Gasteiger partial charge in [-0.05, 0) is 24.3 Å². The lowest BCUT2D eigenvalue weighted by Gasteiger charge is -2.09. The third kappa shape index (κ3) is 4.93. The number of aromatic nitrogens is 1. The molecule has 9 nitrogen and oxygen atoms in total. The average Bonchev–Trinajstić information content (AvgIpc) is 2.65. The number of phenolic OH excluding ortho intramolecular Hbond substituents is 1. The molecule has 2 rings (SSSR count). The van der Waals surface area contributed by atoms with Crippen molar-refractivity contribution < 1.29 is 29.9 Å². The van der Waals surface area contributed by atoms with E-state index in [1.807, 2.05) is 0 Å². The lowest BCUT2D eigenvalue weighted by Crippen LogP contribution is -2.17. The summed E-state index contributed by atoms with van der Waals surface area (Å²) in [5.41, 5.74) is 3.45. The fourth-order valence-corrected chi connectivity index (χ4v) is 1.72. The predicted octanol–water partition coefficient (Wildman–Crippen LogP) is -0.445. The Morgan fingerprint density at radius 3 is 2.29 bits per heavy atom. The molecule has 0 aliphatic rings. The van der Waals surface area contributed by atoms with E-state index in [9.17, 15) is 9.90 Å². The van der Waals surface area contributed by atoms with Gasteiger partial charge in [-0.25, -0.2) is 5.43 Å². The van der Waals surface area contributed by atoms with Crippen LogP contribution < -0.4 is 20.2 Å². The number of ether oxygens (including phenoxy) is 2. The molecule has 0 atom stereocenters. The zero-order chi connectivity index (χ0) is 17.9. The van der Waals surface area contributed by atoms with Crippen LogP contribution in [0.3, 0.4) is 0 Å². The van der Waals surface area contributed by atoms with E-state index in [2.05, 4.69) is 20.8 Å². The van der Waals surface area contributed by atoms with Crippen LogP contribution in [-0.4, -0.2) is 41.7 Å². The van der Waals surface area contributed by atoms with Crippen LogP contribution in [0, 0.1) is 0 Å². The van der Waals surface area contributed by atoms with Gasteiger partial charge in [0.15, 0.2) is 11.5 Å². The van der Waals surface area contributed by atoms with E-state index in [-0.39, 0.29) is 23.2 Å². The van der Waals surface area contributed by atoms with E-state index in [0.29, 0.717) is 11.1 Å². The molecule has 0 aliphatic carbocycles.